The van der Waals surface area contributed by atoms with Crippen LogP contribution in [-0.4, -0.2) is 11.1 Å². The zero-order valence-corrected chi connectivity index (χ0v) is 11.2. The summed E-state index contributed by atoms with van der Waals surface area (Å²) >= 11 is 7.27. The predicted octanol–water partition coefficient (Wildman–Crippen LogP) is 3.99. The smallest absolute Gasteiger partial charge is 0.335 e. The molecule has 3 nitrogen and oxygen atoms in total. The zero-order chi connectivity index (χ0) is 13.1. The van der Waals surface area contributed by atoms with Crippen LogP contribution in [0.3, 0.4) is 0 Å². The average molecular weight is 283 g/mol. The number of hydrogen-bond donors (Lipinski definition) is 1. The highest BCUT2D eigenvalue weighted by Crippen LogP contribution is 2.25. The van der Waals surface area contributed by atoms with Crippen molar-refractivity contribution in [3.05, 3.63) is 50.7 Å². The molecule has 1 aromatic carbocycles. The monoisotopic (exact) mass is 282 g/mol. The first kappa shape index (κ1) is 12.9. The van der Waals surface area contributed by atoms with Crippen molar-refractivity contribution in [3.63, 3.8) is 0 Å². The van der Waals surface area contributed by atoms with E-state index in [1.165, 1.54) is 17.4 Å². The lowest BCUT2D eigenvalue weighted by Gasteiger charge is -2.08. The van der Waals surface area contributed by atoms with Gasteiger partial charge in [0.05, 0.1) is 9.90 Å². The third-order valence-electron chi connectivity index (χ3n) is 2.43. The number of carboxylic acid groups (broad SMARTS) is 1. The maximum atomic E-state index is 10.9. The van der Waals surface area contributed by atoms with Gasteiger partial charge < -0.3 is 9.84 Å². The molecule has 0 saturated heterocycles. The molecular formula is C13H11ClO3S. The molecule has 1 aromatic heterocycles. The SMILES string of the molecule is Cc1ccc(C(=O)O)cc1OCc1ccc(Cl)s1. The van der Waals surface area contributed by atoms with Gasteiger partial charge in [0.25, 0.3) is 0 Å². The number of benzene rings is 1. The maximum absolute atomic E-state index is 10.9. The van der Waals surface area contributed by atoms with Crippen LogP contribution in [0.1, 0.15) is 20.8 Å². The van der Waals surface area contributed by atoms with E-state index in [1.54, 1.807) is 12.1 Å². The average Bonchev–Trinajstić information content (AvgIpc) is 2.74. The number of halogens is 1. The number of hydrogen-bond acceptors (Lipinski definition) is 3. The Bertz CT molecular complexity index is 577. The fourth-order valence-electron chi connectivity index (χ4n) is 1.47. The Labute approximate surface area is 114 Å². The summed E-state index contributed by atoms with van der Waals surface area (Å²) in [6.45, 7) is 2.27. The van der Waals surface area contributed by atoms with Crippen molar-refractivity contribution in [2.24, 2.45) is 0 Å². The summed E-state index contributed by atoms with van der Waals surface area (Å²) in [5, 5.41) is 8.92. The van der Waals surface area contributed by atoms with Gasteiger partial charge in [-0.05, 0) is 36.8 Å². The van der Waals surface area contributed by atoms with Gasteiger partial charge in [0.1, 0.15) is 12.4 Å². The van der Waals surface area contributed by atoms with Crippen LogP contribution in [0.25, 0.3) is 0 Å². The lowest BCUT2D eigenvalue weighted by molar-refractivity contribution is 0.0696. The van der Waals surface area contributed by atoms with Crippen molar-refractivity contribution in [2.75, 3.05) is 0 Å². The van der Waals surface area contributed by atoms with E-state index in [9.17, 15) is 4.79 Å². The maximum Gasteiger partial charge on any atom is 0.335 e. The Balaban J connectivity index is 2.13. The lowest BCUT2D eigenvalue weighted by Crippen LogP contribution is -2.00. The van der Waals surface area contributed by atoms with Crippen molar-refractivity contribution in [1.29, 1.82) is 0 Å². The molecule has 1 N–H and O–H groups in total. The van der Waals surface area contributed by atoms with E-state index in [0.717, 1.165) is 10.4 Å². The number of ether oxygens (including phenoxy) is 1. The van der Waals surface area contributed by atoms with Crippen molar-refractivity contribution < 1.29 is 14.6 Å². The first-order valence-corrected chi connectivity index (χ1v) is 6.46. The minimum absolute atomic E-state index is 0.222. The van der Waals surface area contributed by atoms with Crippen molar-refractivity contribution in [3.8, 4) is 5.75 Å². The third-order valence-corrected chi connectivity index (χ3v) is 3.64. The summed E-state index contributed by atoms with van der Waals surface area (Å²) < 4.78 is 6.33. The van der Waals surface area contributed by atoms with Gasteiger partial charge in [-0.15, -0.1) is 11.3 Å². The van der Waals surface area contributed by atoms with E-state index in [1.807, 2.05) is 19.1 Å². The van der Waals surface area contributed by atoms with Crippen LogP contribution in [0.2, 0.25) is 4.34 Å². The first-order chi connectivity index (χ1) is 8.56. The Morgan fingerprint density at radius 3 is 2.78 bits per heavy atom. The second-order valence-corrected chi connectivity index (χ2v) is 5.58. The van der Waals surface area contributed by atoms with Gasteiger partial charge in [0, 0.05) is 4.88 Å². The quantitative estimate of drug-likeness (QED) is 0.922. The van der Waals surface area contributed by atoms with Crippen molar-refractivity contribution in [1.82, 2.24) is 0 Å². The molecule has 94 valence electrons. The second kappa shape index (κ2) is 5.42. The molecule has 18 heavy (non-hydrogen) atoms. The molecule has 1 heterocycles. The minimum Gasteiger partial charge on any atom is -0.488 e. The van der Waals surface area contributed by atoms with Crippen LogP contribution in [-0.2, 0) is 6.61 Å². The van der Waals surface area contributed by atoms with Gasteiger partial charge >= 0.3 is 5.97 Å². The van der Waals surface area contributed by atoms with Gasteiger partial charge in [-0.1, -0.05) is 17.7 Å². The highest BCUT2D eigenvalue weighted by molar-refractivity contribution is 7.16. The van der Waals surface area contributed by atoms with E-state index in [4.69, 9.17) is 21.4 Å². The van der Waals surface area contributed by atoms with Gasteiger partial charge in [-0.3, -0.25) is 0 Å². The second-order valence-electron chi connectivity index (χ2n) is 3.78. The number of carbonyl (C=O) groups is 1. The van der Waals surface area contributed by atoms with Crippen molar-refractivity contribution >= 4 is 28.9 Å². The summed E-state index contributed by atoms with van der Waals surface area (Å²) in [5.41, 5.74) is 1.13. The molecule has 0 amide bonds. The summed E-state index contributed by atoms with van der Waals surface area (Å²) in [5.74, 6) is -0.376. The molecule has 2 rings (SSSR count). The third kappa shape index (κ3) is 3.03. The highest BCUT2D eigenvalue weighted by atomic mass is 35.5. The first-order valence-electron chi connectivity index (χ1n) is 5.27. The van der Waals surface area contributed by atoms with Gasteiger partial charge in [-0.25, -0.2) is 4.79 Å². The Morgan fingerprint density at radius 1 is 1.39 bits per heavy atom. The molecule has 0 aliphatic carbocycles. The number of aromatic carboxylic acids is 1. The number of aryl methyl sites for hydroxylation is 1. The Hall–Kier alpha value is -1.52. The summed E-state index contributed by atoms with van der Waals surface area (Å²) in [4.78, 5) is 11.9. The topological polar surface area (TPSA) is 46.5 Å². The molecule has 0 aliphatic heterocycles. The fraction of sp³-hybridized carbons (Fsp3) is 0.154. The fourth-order valence-corrected chi connectivity index (χ4v) is 2.47. The largest absolute Gasteiger partial charge is 0.488 e. The van der Waals surface area contributed by atoms with E-state index in [2.05, 4.69) is 0 Å². The van der Waals surface area contributed by atoms with Gasteiger partial charge in [0.2, 0.25) is 0 Å². The molecule has 0 fully saturated rings. The summed E-state index contributed by atoms with van der Waals surface area (Å²) in [7, 11) is 0. The molecule has 0 unspecified atom stereocenters. The number of thiophene rings is 1. The van der Waals surface area contributed by atoms with Crippen LogP contribution in [0.5, 0.6) is 5.75 Å². The molecular weight excluding hydrogens is 272 g/mol. The minimum atomic E-state index is -0.959. The molecule has 0 atom stereocenters. The highest BCUT2D eigenvalue weighted by Gasteiger charge is 2.07. The molecule has 0 aliphatic rings. The van der Waals surface area contributed by atoms with Crippen LogP contribution >= 0.6 is 22.9 Å². The predicted molar refractivity (Wildman–Crippen MR) is 71.8 cm³/mol. The van der Waals surface area contributed by atoms with Gasteiger partial charge in [0.15, 0.2) is 0 Å². The number of carboxylic acids is 1. The standard InChI is InChI=1S/C13H11ClO3S/c1-8-2-3-9(13(15)16)6-11(8)17-7-10-4-5-12(14)18-10/h2-6H,7H2,1H3,(H,15,16). The van der Waals surface area contributed by atoms with Crippen LogP contribution in [0, 0.1) is 6.92 Å². The van der Waals surface area contributed by atoms with E-state index >= 15 is 0 Å². The van der Waals surface area contributed by atoms with Crippen LogP contribution < -0.4 is 4.74 Å². The van der Waals surface area contributed by atoms with Crippen LogP contribution in [0.15, 0.2) is 30.3 Å². The number of rotatable bonds is 4. The van der Waals surface area contributed by atoms with E-state index in [-0.39, 0.29) is 5.56 Å². The molecule has 0 radical (unpaired) electrons. The van der Waals surface area contributed by atoms with Gasteiger partial charge in [-0.2, -0.15) is 0 Å². The molecule has 0 saturated carbocycles. The molecule has 0 bridgehead atoms. The Kier molecular flexibility index (Phi) is 3.89. The molecule has 5 heteroatoms. The summed E-state index contributed by atoms with van der Waals surface area (Å²) in [6.07, 6.45) is 0. The zero-order valence-electron chi connectivity index (χ0n) is 9.64. The van der Waals surface area contributed by atoms with Crippen LogP contribution in [0.4, 0.5) is 0 Å². The Morgan fingerprint density at radius 2 is 2.17 bits per heavy atom. The van der Waals surface area contributed by atoms with Crippen molar-refractivity contribution in [2.45, 2.75) is 13.5 Å². The summed E-state index contributed by atoms with van der Waals surface area (Å²) in [6, 6.07) is 8.54. The van der Waals surface area contributed by atoms with E-state index < -0.39 is 5.97 Å². The molecule has 0 spiro atoms. The molecule has 2 aromatic rings. The normalized spacial score (nSPS) is 10.3. The lowest BCUT2D eigenvalue weighted by atomic mass is 10.1. The van der Waals surface area contributed by atoms with E-state index in [0.29, 0.717) is 16.7 Å².